The Morgan fingerprint density at radius 3 is 2.48 bits per heavy atom. The Morgan fingerprint density at radius 1 is 1.22 bits per heavy atom. The van der Waals surface area contributed by atoms with Gasteiger partial charge in [0.1, 0.15) is 0 Å². The molecule has 4 nitrogen and oxygen atoms in total. The fourth-order valence-electron chi connectivity index (χ4n) is 3.14. The summed E-state index contributed by atoms with van der Waals surface area (Å²) in [4.78, 5) is 13.9. The predicted octanol–water partition coefficient (Wildman–Crippen LogP) is 4.86. The van der Waals surface area contributed by atoms with Crippen molar-refractivity contribution in [2.75, 3.05) is 6.54 Å². The molecule has 3 rings (SSSR count). The largest absolute Gasteiger partial charge is 0.435 e. The third-order valence-electron chi connectivity index (χ3n) is 4.45. The van der Waals surface area contributed by atoms with Gasteiger partial charge in [-0.3, -0.25) is 9.89 Å². The van der Waals surface area contributed by atoms with Crippen molar-refractivity contribution in [2.45, 2.75) is 31.7 Å². The number of carbonyl (C=O) groups excluding carboxylic acids is 1. The van der Waals surface area contributed by atoms with E-state index in [2.05, 4.69) is 10.2 Å². The van der Waals surface area contributed by atoms with E-state index in [1.54, 1.807) is 0 Å². The minimum absolute atomic E-state index is 0.0470. The summed E-state index contributed by atoms with van der Waals surface area (Å²) in [5, 5.41) is 4.84. The van der Waals surface area contributed by atoms with Crippen molar-refractivity contribution in [3.05, 3.63) is 51.3 Å². The lowest BCUT2D eigenvalue weighted by atomic mass is 9.97. The number of nitrogens with one attached hydrogen (secondary N) is 1. The Labute approximate surface area is 154 Å². The monoisotopic (exact) mass is 411 g/mol. The molecular weight excluding hydrogens is 400 g/mol. The van der Waals surface area contributed by atoms with Crippen LogP contribution in [0.25, 0.3) is 0 Å². The number of aromatic amines is 1. The number of H-pyrrole nitrogens is 1. The van der Waals surface area contributed by atoms with Gasteiger partial charge >= 0.3 is 12.4 Å². The highest BCUT2D eigenvalue weighted by Crippen LogP contribution is 2.40. The predicted molar refractivity (Wildman–Crippen MR) is 83.2 cm³/mol. The average molecular weight is 412 g/mol. The topological polar surface area (TPSA) is 49.0 Å². The Bertz CT molecular complexity index is 889. The molecule has 11 heteroatoms. The molecule has 1 atom stereocenters. The summed E-state index contributed by atoms with van der Waals surface area (Å²) in [7, 11) is 0. The highest BCUT2D eigenvalue weighted by Gasteiger charge is 2.42. The normalized spacial score (nSPS) is 17.8. The first-order chi connectivity index (χ1) is 12.4. The van der Waals surface area contributed by atoms with Gasteiger partial charge in [-0.05, 0) is 25.5 Å². The maximum absolute atomic E-state index is 13.0. The molecule has 146 valence electrons. The second-order valence-electron chi connectivity index (χ2n) is 6.05. The van der Waals surface area contributed by atoms with E-state index in [4.69, 9.17) is 11.6 Å². The summed E-state index contributed by atoms with van der Waals surface area (Å²) < 4.78 is 77.9. The lowest BCUT2D eigenvalue weighted by molar-refractivity contribution is -0.142. The fourth-order valence-corrected chi connectivity index (χ4v) is 3.46. The van der Waals surface area contributed by atoms with Gasteiger partial charge in [0.25, 0.3) is 5.91 Å². The second kappa shape index (κ2) is 6.43. The zero-order valence-electron chi connectivity index (χ0n) is 13.7. The van der Waals surface area contributed by atoms with Gasteiger partial charge in [-0.15, -0.1) is 0 Å². The van der Waals surface area contributed by atoms with Crippen LogP contribution in [0.3, 0.4) is 0 Å². The second-order valence-corrected chi connectivity index (χ2v) is 6.43. The summed E-state index contributed by atoms with van der Waals surface area (Å²) in [6, 6.07) is 2.12. The van der Waals surface area contributed by atoms with Crippen molar-refractivity contribution in [1.29, 1.82) is 0 Å². The molecule has 2 heterocycles. The van der Waals surface area contributed by atoms with E-state index in [0.29, 0.717) is 0 Å². The Kier molecular flexibility index (Phi) is 4.65. The number of amides is 1. The summed E-state index contributed by atoms with van der Waals surface area (Å²) >= 11 is 5.78. The third kappa shape index (κ3) is 3.38. The summed E-state index contributed by atoms with van der Waals surface area (Å²) in [5.41, 5.74) is -2.51. The maximum Gasteiger partial charge on any atom is 0.435 e. The minimum Gasteiger partial charge on any atom is -0.330 e. The van der Waals surface area contributed by atoms with Crippen LogP contribution in [0.1, 0.15) is 45.8 Å². The van der Waals surface area contributed by atoms with Gasteiger partial charge in [0.15, 0.2) is 5.69 Å². The lowest BCUT2D eigenvalue weighted by Crippen LogP contribution is -2.39. The van der Waals surface area contributed by atoms with E-state index in [0.717, 1.165) is 18.2 Å². The summed E-state index contributed by atoms with van der Waals surface area (Å²) in [6.45, 7) is 1.36. The van der Waals surface area contributed by atoms with Crippen molar-refractivity contribution in [3.8, 4) is 0 Å². The number of nitrogens with zero attached hydrogens (tertiary/aromatic N) is 2. The Balaban J connectivity index is 1.95. The number of rotatable bonds is 1. The molecule has 1 aromatic carbocycles. The molecule has 0 saturated carbocycles. The number of aromatic nitrogens is 2. The highest BCUT2D eigenvalue weighted by atomic mass is 35.5. The minimum atomic E-state index is -4.74. The van der Waals surface area contributed by atoms with E-state index in [1.807, 2.05) is 0 Å². The van der Waals surface area contributed by atoms with Crippen LogP contribution in [0.2, 0.25) is 5.02 Å². The van der Waals surface area contributed by atoms with E-state index >= 15 is 0 Å². The van der Waals surface area contributed by atoms with Crippen LogP contribution < -0.4 is 0 Å². The number of hydrogen-bond donors (Lipinski definition) is 1. The van der Waals surface area contributed by atoms with Crippen molar-refractivity contribution >= 4 is 17.5 Å². The van der Waals surface area contributed by atoms with Crippen LogP contribution in [-0.4, -0.2) is 27.5 Å². The fraction of sp³-hybridized carbons (Fsp3) is 0.375. The SMILES string of the molecule is CC1c2[nH]nc(C(F)(F)F)c2CCN1C(=O)c1cccc(C(F)(F)F)c1Cl. The molecular formula is C16H12ClF6N3O. The highest BCUT2D eigenvalue weighted by molar-refractivity contribution is 6.34. The summed E-state index contributed by atoms with van der Waals surface area (Å²) in [6.07, 6.45) is -9.51. The molecule has 1 amide bonds. The molecule has 0 radical (unpaired) electrons. The first kappa shape index (κ1) is 19.5. The molecule has 2 aromatic rings. The molecule has 1 unspecified atom stereocenters. The number of benzene rings is 1. The Hall–Kier alpha value is -2.23. The van der Waals surface area contributed by atoms with Crippen molar-refractivity contribution in [1.82, 2.24) is 15.1 Å². The van der Waals surface area contributed by atoms with Crippen LogP contribution >= 0.6 is 11.6 Å². The Morgan fingerprint density at radius 2 is 1.89 bits per heavy atom. The molecule has 0 bridgehead atoms. The average Bonchev–Trinajstić information content (AvgIpc) is 2.99. The number of alkyl halides is 6. The van der Waals surface area contributed by atoms with E-state index in [-0.39, 0.29) is 29.8 Å². The van der Waals surface area contributed by atoms with Gasteiger partial charge in [0, 0.05) is 12.1 Å². The van der Waals surface area contributed by atoms with Gasteiger partial charge in [-0.25, -0.2) is 0 Å². The molecule has 1 aromatic heterocycles. The zero-order chi connectivity index (χ0) is 20.1. The summed E-state index contributed by atoms with van der Waals surface area (Å²) in [5.74, 6) is -0.799. The third-order valence-corrected chi connectivity index (χ3v) is 4.86. The van der Waals surface area contributed by atoms with Crippen LogP contribution in [0, 0.1) is 0 Å². The standard InChI is InChI=1S/C16H12ClF6N3O/c1-7-12-9(13(25-24-12)16(21,22)23)5-6-26(7)14(27)8-3-2-4-10(11(8)17)15(18,19)20/h2-4,7H,5-6H2,1H3,(H,24,25). The first-order valence-electron chi connectivity index (χ1n) is 7.74. The van der Waals surface area contributed by atoms with Crippen LogP contribution in [0.15, 0.2) is 18.2 Å². The number of fused-ring (bicyclic) bond motifs is 1. The first-order valence-corrected chi connectivity index (χ1v) is 8.11. The number of hydrogen-bond acceptors (Lipinski definition) is 2. The number of carbonyl (C=O) groups is 1. The van der Waals surface area contributed by atoms with E-state index in [9.17, 15) is 31.1 Å². The van der Waals surface area contributed by atoms with Crippen LogP contribution in [-0.2, 0) is 18.8 Å². The lowest BCUT2D eigenvalue weighted by Gasteiger charge is -2.33. The van der Waals surface area contributed by atoms with Gasteiger partial charge in [0.2, 0.25) is 0 Å². The quantitative estimate of drug-likeness (QED) is 0.681. The van der Waals surface area contributed by atoms with Gasteiger partial charge in [0.05, 0.1) is 27.9 Å². The molecule has 1 aliphatic heterocycles. The van der Waals surface area contributed by atoms with Crippen molar-refractivity contribution in [2.24, 2.45) is 0 Å². The van der Waals surface area contributed by atoms with E-state index < -0.39 is 40.6 Å². The van der Waals surface area contributed by atoms with Crippen molar-refractivity contribution in [3.63, 3.8) is 0 Å². The molecule has 0 saturated heterocycles. The molecule has 1 aliphatic rings. The van der Waals surface area contributed by atoms with Gasteiger partial charge in [-0.1, -0.05) is 17.7 Å². The smallest absolute Gasteiger partial charge is 0.330 e. The molecule has 0 aliphatic carbocycles. The molecule has 0 fully saturated rings. The van der Waals surface area contributed by atoms with Crippen LogP contribution in [0.5, 0.6) is 0 Å². The van der Waals surface area contributed by atoms with E-state index in [1.165, 1.54) is 11.8 Å². The van der Waals surface area contributed by atoms with Crippen molar-refractivity contribution < 1.29 is 31.1 Å². The number of halogens is 7. The zero-order valence-corrected chi connectivity index (χ0v) is 14.4. The maximum atomic E-state index is 13.0. The van der Waals surface area contributed by atoms with Crippen LogP contribution in [0.4, 0.5) is 26.3 Å². The van der Waals surface area contributed by atoms with Gasteiger partial charge in [-0.2, -0.15) is 31.4 Å². The molecule has 1 N–H and O–H groups in total. The molecule has 27 heavy (non-hydrogen) atoms. The molecule has 0 spiro atoms. The van der Waals surface area contributed by atoms with Gasteiger partial charge < -0.3 is 4.90 Å².